The van der Waals surface area contributed by atoms with Crippen molar-refractivity contribution < 1.29 is 17.9 Å². The van der Waals surface area contributed by atoms with E-state index in [9.17, 15) is 13.2 Å². The number of piperazine rings is 1. The fourth-order valence-electron chi connectivity index (χ4n) is 2.81. The molecule has 0 aliphatic carbocycles. The number of carbonyl (C=O) groups excluding carboxylic acids is 1. The van der Waals surface area contributed by atoms with Crippen molar-refractivity contribution in [1.82, 2.24) is 14.5 Å². The monoisotopic (exact) mass is 411 g/mol. The molecular weight excluding hydrogens is 390 g/mol. The van der Waals surface area contributed by atoms with E-state index in [1.54, 1.807) is 5.38 Å². The van der Waals surface area contributed by atoms with Crippen molar-refractivity contribution >= 4 is 39.0 Å². The number of ether oxygens (including phenoxy) is 1. The predicted octanol–water partition coefficient (Wildman–Crippen LogP) is 1.27. The van der Waals surface area contributed by atoms with Crippen molar-refractivity contribution in [3.05, 3.63) is 28.5 Å². The average molecular weight is 412 g/mol. The second kappa shape index (κ2) is 8.19. The van der Waals surface area contributed by atoms with Gasteiger partial charge in [-0.2, -0.15) is 4.31 Å². The molecule has 27 heavy (non-hydrogen) atoms. The van der Waals surface area contributed by atoms with E-state index in [4.69, 9.17) is 0 Å². The minimum atomic E-state index is -3.75. The predicted molar refractivity (Wildman–Crippen MR) is 103 cm³/mol. The van der Waals surface area contributed by atoms with E-state index < -0.39 is 16.0 Å². The summed E-state index contributed by atoms with van der Waals surface area (Å²) in [5, 5.41) is 13.0. The third-order valence-corrected chi connectivity index (χ3v) is 7.15. The molecule has 146 valence electrons. The van der Waals surface area contributed by atoms with Crippen molar-refractivity contribution in [2.45, 2.75) is 11.8 Å². The number of nitrogens with one attached hydrogen (secondary N) is 1. The second-order valence-electron chi connectivity index (χ2n) is 5.80. The Kier molecular flexibility index (Phi) is 5.92. The molecule has 0 aromatic carbocycles. The molecule has 3 rings (SSSR count). The Hall–Kier alpha value is -2.24. The van der Waals surface area contributed by atoms with Gasteiger partial charge in [0.2, 0.25) is 10.0 Å². The molecular formula is C16H21N5O4S2. The van der Waals surface area contributed by atoms with Gasteiger partial charge in [-0.05, 0) is 30.5 Å². The van der Waals surface area contributed by atoms with Crippen LogP contribution in [0, 0.1) is 0 Å². The van der Waals surface area contributed by atoms with Gasteiger partial charge in [-0.15, -0.1) is 21.5 Å². The van der Waals surface area contributed by atoms with Crippen LogP contribution in [0.1, 0.15) is 16.6 Å². The summed E-state index contributed by atoms with van der Waals surface area (Å²) < 4.78 is 31.9. The number of anilines is 2. The zero-order valence-electron chi connectivity index (χ0n) is 15.1. The quantitative estimate of drug-likeness (QED) is 0.709. The van der Waals surface area contributed by atoms with E-state index in [0.29, 0.717) is 37.8 Å². The number of hydrogen-bond acceptors (Lipinski definition) is 9. The molecule has 0 spiro atoms. The topological polar surface area (TPSA) is 105 Å². The number of aromatic nitrogens is 2. The van der Waals surface area contributed by atoms with Crippen LogP contribution in [0.2, 0.25) is 0 Å². The van der Waals surface area contributed by atoms with E-state index in [0.717, 1.165) is 17.9 Å². The summed E-state index contributed by atoms with van der Waals surface area (Å²) in [6.45, 7) is 4.33. The molecule has 1 aliphatic heterocycles. The van der Waals surface area contributed by atoms with Gasteiger partial charge < -0.3 is 15.0 Å². The Balaban J connectivity index is 1.70. The molecule has 3 heterocycles. The highest BCUT2D eigenvalue weighted by molar-refractivity contribution is 7.89. The lowest BCUT2D eigenvalue weighted by atomic mass is 10.3. The van der Waals surface area contributed by atoms with Crippen LogP contribution in [0.25, 0.3) is 0 Å². The highest BCUT2D eigenvalue weighted by atomic mass is 32.2. The standard InChI is InChI=1S/C16H21N5O4S2/c1-3-17-13-4-5-14(19-18-13)20-7-9-21(10-8-20)27(23,24)12-6-11-26-15(12)16(22)25-2/h4-6,11H,3,7-10H2,1-2H3,(H,17,18). The van der Waals surface area contributed by atoms with Crippen LogP contribution in [0.5, 0.6) is 0 Å². The minimum absolute atomic E-state index is 0.00239. The first-order valence-corrected chi connectivity index (χ1v) is 10.8. The number of hydrogen-bond donors (Lipinski definition) is 1. The number of sulfonamides is 1. The summed E-state index contributed by atoms with van der Waals surface area (Å²) in [5.41, 5.74) is 0. The lowest BCUT2D eigenvalue weighted by molar-refractivity contribution is 0.0602. The van der Waals surface area contributed by atoms with Crippen LogP contribution in [-0.2, 0) is 14.8 Å². The Bertz CT molecular complexity index is 890. The van der Waals surface area contributed by atoms with Gasteiger partial charge >= 0.3 is 5.97 Å². The minimum Gasteiger partial charge on any atom is -0.465 e. The molecule has 1 N–H and O–H groups in total. The summed E-state index contributed by atoms with van der Waals surface area (Å²) in [5.74, 6) is 0.771. The first kappa shape index (κ1) is 19.5. The fraction of sp³-hybridized carbons (Fsp3) is 0.438. The van der Waals surface area contributed by atoms with Gasteiger partial charge in [0.15, 0.2) is 5.82 Å². The molecule has 9 nitrogen and oxygen atoms in total. The normalized spacial score (nSPS) is 15.6. The summed E-state index contributed by atoms with van der Waals surface area (Å²) in [6.07, 6.45) is 0. The molecule has 0 saturated carbocycles. The maximum Gasteiger partial charge on any atom is 0.349 e. The highest BCUT2D eigenvalue weighted by Crippen LogP contribution is 2.27. The summed E-state index contributed by atoms with van der Waals surface area (Å²) >= 11 is 1.06. The molecule has 11 heteroatoms. The number of rotatable bonds is 6. The van der Waals surface area contributed by atoms with Crippen molar-refractivity contribution in [3.63, 3.8) is 0 Å². The Morgan fingerprint density at radius 3 is 2.56 bits per heavy atom. The van der Waals surface area contributed by atoms with Gasteiger partial charge in [-0.3, -0.25) is 0 Å². The number of nitrogens with zero attached hydrogens (tertiary/aromatic N) is 4. The van der Waals surface area contributed by atoms with Crippen molar-refractivity contribution in [2.24, 2.45) is 0 Å². The molecule has 1 fully saturated rings. The first-order valence-electron chi connectivity index (χ1n) is 8.46. The van der Waals surface area contributed by atoms with E-state index in [1.807, 2.05) is 24.0 Å². The molecule has 2 aromatic heterocycles. The van der Waals surface area contributed by atoms with Crippen LogP contribution >= 0.6 is 11.3 Å². The summed E-state index contributed by atoms with van der Waals surface area (Å²) in [4.78, 5) is 13.9. The van der Waals surface area contributed by atoms with Gasteiger partial charge in [0.25, 0.3) is 0 Å². The maximum atomic E-state index is 12.9. The number of thiophene rings is 1. The van der Waals surface area contributed by atoms with Crippen LogP contribution in [0.15, 0.2) is 28.5 Å². The Labute approximate surface area is 162 Å². The summed E-state index contributed by atoms with van der Waals surface area (Å²) in [6, 6.07) is 5.16. The number of esters is 1. The molecule has 0 atom stereocenters. The van der Waals surface area contributed by atoms with E-state index in [1.165, 1.54) is 17.5 Å². The zero-order valence-corrected chi connectivity index (χ0v) is 16.7. The average Bonchev–Trinajstić information content (AvgIpc) is 3.19. The molecule has 0 amide bonds. The fourth-order valence-corrected chi connectivity index (χ4v) is 5.54. The van der Waals surface area contributed by atoms with Gasteiger partial charge in [-0.1, -0.05) is 0 Å². The number of carbonyl (C=O) groups is 1. The second-order valence-corrected chi connectivity index (χ2v) is 8.63. The SMILES string of the molecule is CCNc1ccc(N2CCN(S(=O)(=O)c3ccsc3C(=O)OC)CC2)nn1. The van der Waals surface area contributed by atoms with E-state index in [-0.39, 0.29) is 9.77 Å². The molecule has 0 bridgehead atoms. The Morgan fingerprint density at radius 1 is 1.22 bits per heavy atom. The van der Waals surface area contributed by atoms with Gasteiger partial charge in [0.1, 0.15) is 15.6 Å². The molecule has 1 saturated heterocycles. The van der Waals surface area contributed by atoms with Crippen molar-refractivity contribution in [1.29, 1.82) is 0 Å². The zero-order chi connectivity index (χ0) is 19.4. The molecule has 0 unspecified atom stereocenters. The maximum absolute atomic E-state index is 12.9. The van der Waals surface area contributed by atoms with Crippen LogP contribution in [-0.4, -0.2) is 68.7 Å². The smallest absolute Gasteiger partial charge is 0.349 e. The van der Waals surface area contributed by atoms with Gasteiger partial charge in [0, 0.05) is 32.7 Å². The van der Waals surface area contributed by atoms with Crippen LogP contribution in [0.3, 0.4) is 0 Å². The number of methoxy groups -OCH3 is 1. The van der Waals surface area contributed by atoms with E-state index in [2.05, 4.69) is 20.3 Å². The van der Waals surface area contributed by atoms with Gasteiger partial charge in [0.05, 0.1) is 7.11 Å². The van der Waals surface area contributed by atoms with Crippen molar-refractivity contribution in [2.75, 3.05) is 50.1 Å². The summed E-state index contributed by atoms with van der Waals surface area (Å²) in [7, 11) is -2.52. The van der Waals surface area contributed by atoms with Crippen LogP contribution < -0.4 is 10.2 Å². The van der Waals surface area contributed by atoms with Gasteiger partial charge in [-0.25, -0.2) is 13.2 Å². The van der Waals surface area contributed by atoms with Crippen LogP contribution in [0.4, 0.5) is 11.6 Å². The third kappa shape index (κ3) is 4.04. The largest absolute Gasteiger partial charge is 0.465 e. The lowest BCUT2D eigenvalue weighted by Gasteiger charge is -2.34. The van der Waals surface area contributed by atoms with Crippen molar-refractivity contribution in [3.8, 4) is 0 Å². The molecule has 0 radical (unpaired) electrons. The molecule has 1 aliphatic rings. The molecule has 2 aromatic rings. The van der Waals surface area contributed by atoms with E-state index >= 15 is 0 Å². The first-order chi connectivity index (χ1) is 13.0. The Morgan fingerprint density at radius 2 is 1.96 bits per heavy atom. The lowest BCUT2D eigenvalue weighted by Crippen LogP contribution is -2.49. The highest BCUT2D eigenvalue weighted by Gasteiger charge is 2.33. The third-order valence-electron chi connectivity index (χ3n) is 4.19.